The molecule has 2 aromatic carbocycles. The second kappa shape index (κ2) is 7.39. The van der Waals surface area contributed by atoms with Gasteiger partial charge in [0.2, 0.25) is 0 Å². The molecule has 1 atom stereocenters. The minimum Gasteiger partial charge on any atom is -0.497 e. The third-order valence-corrected chi connectivity index (χ3v) is 5.00. The molecule has 0 amide bonds. The molecule has 2 aromatic rings. The van der Waals surface area contributed by atoms with Gasteiger partial charge in [0.05, 0.1) is 13.2 Å². The number of benzene rings is 2. The highest BCUT2D eigenvalue weighted by atomic mass is 32.1. The highest BCUT2D eigenvalue weighted by Crippen LogP contribution is 2.41. The summed E-state index contributed by atoms with van der Waals surface area (Å²) in [5.74, 6) is 3.07. The summed E-state index contributed by atoms with van der Waals surface area (Å²) in [6, 6.07) is 11.6. The molecule has 0 bridgehead atoms. The Bertz CT molecular complexity index is 900. The van der Waals surface area contributed by atoms with E-state index in [-0.39, 0.29) is 11.6 Å². The van der Waals surface area contributed by atoms with Crippen LogP contribution in [-0.2, 0) is 0 Å². The smallest absolute Gasteiger partial charge is 0.171 e. The Morgan fingerprint density at radius 2 is 1.86 bits per heavy atom. The molecule has 0 spiro atoms. The second-order valence-electron chi connectivity index (χ2n) is 7.48. The largest absolute Gasteiger partial charge is 0.497 e. The van der Waals surface area contributed by atoms with Crippen LogP contribution in [0.2, 0.25) is 0 Å². The maximum Gasteiger partial charge on any atom is 0.171 e. The van der Waals surface area contributed by atoms with E-state index in [0.29, 0.717) is 18.3 Å². The zero-order valence-electron chi connectivity index (χ0n) is 16.2. The van der Waals surface area contributed by atoms with Gasteiger partial charge >= 0.3 is 0 Å². The highest BCUT2D eigenvalue weighted by molar-refractivity contribution is 7.80. The third-order valence-electron chi connectivity index (χ3n) is 4.78. The zero-order chi connectivity index (χ0) is 19.7. The average molecular weight is 401 g/mol. The number of thiocarbonyl (C=S) groups is 1. The molecular formula is C21H24N2O4S. The normalized spacial score (nSPS) is 19.0. The summed E-state index contributed by atoms with van der Waals surface area (Å²) in [5, 5.41) is 7.21. The molecule has 148 valence electrons. The van der Waals surface area contributed by atoms with Crippen LogP contribution in [0, 0.1) is 0 Å². The molecular weight excluding hydrogens is 376 g/mol. The van der Waals surface area contributed by atoms with Crippen molar-refractivity contribution in [1.29, 1.82) is 0 Å². The Balaban J connectivity index is 1.50. The van der Waals surface area contributed by atoms with Crippen molar-refractivity contribution in [3.8, 4) is 23.0 Å². The summed E-state index contributed by atoms with van der Waals surface area (Å²) in [5.41, 5.74) is 1.60. The SMILES string of the molecule is COc1ccc2c(c1)OC(C)(C)CC2NC(=S)Nc1ccc2c(c1)OCCO2. The van der Waals surface area contributed by atoms with E-state index in [1.807, 2.05) is 36.4 Å². The van der Waals surface area contributed by atoms with Crippen molar-refractivity contribution in [2.45, 2.75) is 31.9 Å². The van der Waals surface area contributed by atoms with Crippen molar-refractivity contribution in [3.05, 3.63) is 42.0 Å². The monoisotopic (exact) mass is 400 g/mol. The first-order valence-electron chi connectivity index (χ1n) is 9.28. The Kier molecular flexibility index (Phi) is 4.93. The average Bonchev–Trinajstić information content (AvgIpc) is 2.66. The standard InChI is InChI=1S/C21H24N2O4S/c1-21(2)12-16(15-6-5-14(24-3)11-18(15)27-21)23-20(28)22-13-4-7-17-19(10-13)26-9-8-25-17/h4-7,10-11,16H,8-9,12H2,1-3H3,(H2,22,23,28). The predicted molar refractivity (Wildman–Crippen MR) is 112 cm³/mol. The van der Waals surface area contributed by atoms with E-state index in [4.69, 9.17) is 31.2 Å². The Morgan fingerprint density at radius 3 is 2.64 bits per heavy atom. The number of hydrogen-bond donors (Lipinski definition) is 2. The number of rotatable bonds is 3. The van der Waals surface area contributed by atoms with E-state index in [2.05, 4.69) is 24.5 Å². The molecule has 0 saturated carbocycles. The van der Waals surface area contributed by atoms with Crippen molar-refractivity contribution in [2.24, 2.45) is 0 Å². The van der Waals surface area contributed by atoms with Gasteiger partial charge in [-0.3, -0.25) is 0 Å². The molecule has 2 N–H and O–H groups in total. The van der Waals surface area contributed by atoms with E-state index in [1.165, 1.54) is 0 Å². The molecule has 4 rings (SSSR count). The predicted octanol–water partition coefficient (Wildman–Crippen LogP) is 4.06. The van der Waals surface area contributed by atoms with Crippen molar-refractivity contribution < 1.29 is 18.9 Å². The quantitative estimate of drug-likeness (QED) is 0.754. The van der Waals surface area contributed by atoms with Gasteiger partial charge in [-0.2, -0.15) is 0 Å². The summed E-state index contributed by atoms with van der Waals surface area (Å²) in [6.45, 7) is 5.27. The van der Waals surface area contributed by atoms with Crippen molar-refractivity contribution in [3.63, 3.8) is 0 Å². The molecule has 7 heteroatoms. The molecule has 0 radical (unpaired) electrons. The van der Waals surface area contributed by atoms with E-state index >= 15 is 0 Å². The molecule has 0 saturated heterocycles. The molecule has 0 fully saturated rings. The molecule has 6 nitrogen and oxygen atoms in total. The molecule has 2 aliphatic rings. The lowest BCUT2D eigenvalue weighted by Crippen LogP contribution is -2.42. The Hall–Kier alpha value is -2.67. The topological polar surface area (TPSA) is 61.0 Å². The first kappa shape index (κ1) is 18.7. The maximum atomic E-state index is 6.14. The number of hydrogen-bond acceptors (Lipinski definition) is 5. The van der Waals surface area contributed by atoms with E-state index in [9.17, 15) is 0 Å². The lowest BCUT2D eigenvalue weighted by atomic mass is 9.89. The fourth-order valence-electron chi connectivity index (χ4n) is 3.53. The van der Waals surface area contributed by atoms with E-state index < -0.39 is 0 Å². The zero-order valence-corrected chi connectivity index (χ0v) is 17.0. The summed E-state index contributed by atoms with van der Waals surface area (Å²) in [7, 11) is 1.65. The maximum absolute atomic E-state index is 6.14. The van der Waals surface area contributed by atoms with Crippen molar-refractivity contribution in [2.75, 3.05) is 25.6 Å². The third kappa shape index (κ3) is 3.94. The van der Waals surface area contributed by atoms with Crippen LogP contribution >= 0.6 is 12.2 Å². The number of fused-ring (bicyclic) bond motifs is 2. The molecule has 0 aliphatic carbocycles. The van der Waals surface area contributed by atoms with Gasteiger partial charge in [-0.05, 0) is 50.3 Å². The number of anilines is 1. The summed E-state index contributed by atoms with van der Waals surface area (Å²) in [4.78, 5) is 0. The van der Waals surface area contributed by atoms with E-state index in [1.54, 1.807) is 7.11 Å². The van der Waals surface area contributed by atoms with Gasteiger partial charge < -0.3 is 29.6 Å². The molecule has 28 heavy (non-hydrogen) atoms. The van der Waals surface area contributed by atoms with Crippen LogP contribution in [0.5, 0.6) is 23.0 Å². The van der Waals surface area contributed by atoms with Gasteiger partial charge in [-0.1, -0.05) is 0 Å². The molecule has 2 heterocycles. The molecule has 0 aromatic heterocycles. The minimum atomic E-state index is -0.316. The summed E-state index contributed by atoms with van der Waals surface area (Å²) >= 11 is 5.56. The van der Waals surface area contributed by atoms with Gasteiger partial charge in [0.1, 0.15) is 30.3 Å². The van der Waals surface area contributed by atoms with Gasteiger partial charge in [0, 0.05) is 29.8 Å². The lowest BCUT2D eigenvalue weighted by molar-refractivity contribution is 0.0693. The Labute approximate surface area is 170 Å². The highest BCUT2D eigenvalue weighted by Gasteiger charge is 2.34. The number of ether oxygens (including phenoxy) is 4. The lowest BCUT2D eigenvalue weighted by Gasteiger charge is -2.38. The van der Waals surface area contributed by atoms with Gasteiger partial charge in [0.25, 0.3) is 0 Å². The molecule has 2 aliphatic heterocycles. The van der Waals surface area contributed by atoms with Crippen LogP contribution < -0.4 is 29.6 Å². The summed E-state index contributed by atoms with van der Waals surface area (Å²) in [6.07, 6.45) is 0.787. The first-order valence-corrected chi connectivity index (χ1v) is 9.68. The fourth-order valence-corrected chi connectivity index (χ4v) is 3.79. The van der Waals surface area contributed by atoms with Crippen LogP contribution in [0.25, 0.3) is 0 Å². The van der Waals surface area contributed by atoms with Crippen LogP contribution in [0.4, 0.5) is 5.69 Å². The van der Waals surface area contributed by atoms with Gasteiger partial charge in [-0.15, -0.1) is 0 Å². The van der Waals surface area contributed by atoms with Crippen LogP contribution in [0.3, 0.4) is 0 Å². The van der Waals surface area contributed by atoms with Crippen molar-refractivity contribution >= 4 is 23.0 Å². The van der Waals surface area contributed by atoms with Gasteiger partial charge in [-0.25, -0.2) is 0 Å². The van der Waals surface area contributed by atoms with Gasteiger partial charge in [0.15, 0.2) is 16.6 Å². The molecule has 1 unspecified atom stereocenters. The first-order chi connectivity index (χ1) is 13.4. The van der Waals surface area contributed by atoms with Crippen LogP contribution in [0.15, 0.2) is 36.4 Å². The fraction of sp³-hybridized carbons (Fsp3) is 0.381. The number of methoxy groups -OCH3 is 1. The van der Waals surface area contributed by atoms with Crippen molar-refractivity contribution in [1.82, 2.24) is 5.32 Å². The second-order valence-corrected chi connectivity index (χ2v) is 7.89. The summed E-state index contributed by atoms with van der Waals surface area (Å²) < 4.78 is 22.7. The minimum absolute atomic E-state index is 0.0295. The number of nitrogens with one attached hydrogen (secondary N) is 2. The van der Waals surface area contributed by atoms with Crippen LogP contribution in [-0.4, -0.2) is 31.0 Å². The Morgan fingerprint density at radius 1 is 1.07 bits per heavy atom. The van der Waals surface area contributed by atoms with E-state index in [0.717, 1.165) is 40.7 Å². The van der Waals surface area contributed by atoms with Crippen LogP contribution in [0.1, 0.15) is 31.9 Å².